The second-order valence-electron chi connectivity index (χ2n) is 5.69. The average Bonchev–Trinajstić information content (AvgIpc) is 3.04. The molecule has 1 atom stereocenters. The third kappa shape index (κ3) is 5.86. The third-order valence-electron chi connectivity index (χ3n) is 3.41. The number of nitrogens with one attached hydrogen (secondary N) is 2. The van der Waals surface area contributed by atoms with Crippen LogP contribution >= 0.6 is 11.3 Å². The Morgan fingerprint density at radius 2 is 2.00 bits per heavy atom. The Labute approximate surface area is 151 Å². The van der Waals surface area contributed by atoms with E-state index in [1.807, 2.05) is 31.4 Å². The van der Waals surface area contributed by atoms with Crippen molar-refractivity contribution >= 4 is 23.2 Å². The summed E-state index contributed by atoms with van der Waals surface area (Å²) >= 11 is 1.59. The number of rotatable bonds is 8. The Hall–Kier alpha value is -2.41. The van der Waals surface area contributed by atoms with Gasteiger partial charge in [0, 0.05) is 23.2 Å². The zero-order chi connectivity index (χ0) is 18.2. The largest absolute Gasteiger partial charge is 0.484 e. The molecule has 1 aromatic carbocycles. The van der Waals surface area contributed by atoms with Gasteiger partial charge in [-0.3, -0.25) is 9.59 Å². The Bertz CT molecular complexity index is 713. The van der Waals surface area contributed by atoms with Crippen LogP contribution in [0, 0.1) is 6.92 Å². The lowest BCUT2D eigenvalue weighted by Gasteiger charge is -2.14. The molecule has 1 heterocycles. The molecule has 0 aliphatic carbocycles. The number of thiazole rings is 1. The van der Waals surface area contributed by atoms with Crippen molar-refractivity contribution in [3.63, 3.8) is 0 Å². The number of carbonyl (C=O) groups excluding carboxylic acids is 2. The smallest absolute Gasteiger partial charge is 0.258 e. The summed E-state index contributed by atoms with van der Waals surface area (Å²) in [7, 11) is 0. The molecule has 2 amide bonds. The van der Waals surface area contributed by atoms with E-state index in [1.165, 1.54) is 0 Å². The lowest BCUT2D eigenvalue weighted by molar-refractivity contribution is -0.129. The van der Waals surface area contributed by atoms with E-state index >= 15 is 0 Å². The van der Waals surface area contributed by atoms with Crippen LogP contribution in [0.4, 0.5) is 0 Å². The van der Waals surface area contributed by atoms with Gasteiger partial charge in [-0.15, -0.1) is 11.3 Å². The van der Waals surface area contributed by atoms with Crippen LogP contribution in [-0.2, 0) is 9.59 Å². The Morgan fingerprint density at radius 3 is 2.60 bits per heavy atom. The molecular weight excluding hydrogens is 338 g/mol. The Morgan fingerprint density at radius 1 is 1.28 bits per heavy atom. The molecule has 0 fully saturated rings. The van der Waals surface area contributed by atoms with Crippen molar-refractivity contribution in [2.45, 2.75) is 33.2 Å². The van der Waals surface area contributed by atoms with Gasteiger partial charge < -0.3 is 15.4 Å². The first kappa shape index (κ1) is 18.9. The highest BCUT2D eigenvalue weighted by molar-refractivity contribution is 7.13. The minimum atomic E-state index is -0.585. The number of hydrogen-bond donors (Lipinski definition) is 2. The highest BCUT2D eigenvalue weighted by atomic mass is 32.1. The summed E-state index contributed by atoms with van der Waals surface area (Å²) in [4.78, 5) is 28.0. The summed E-state index contributed by atoms with van der Waals surface area (Å²) in [5.41, 5.74) is 2.00. The van der Waals surface area contributed by atoms with E-state index in [0.29, 0.717) is 12.3 Å². The van der Waals surface area contributed by atoms with Gasteiger partial charge in [0.05, 0.1) is 0 Å². The molecule has 7 heteroatoms. The maximum absolute atomic E-state index is 11.9. The zero-order valence-electron chi connectivity index (χ0n) is 14.7. The monoisotopic (exact) mass is 361 g/mol. The van der Waals surface area contributed by atoms with E-state index in [9.17, 15) is 9.59 Å². The molecule has 0 aliphatic rings. The van der Waals surface area contributed by atoms with Crippen LogP contribution in [0.25, 0.3) is 10.6 Å². The van der Waals surface area contributed by atoms with E-state index in [-0.39, 0.29) is 18.4 Å². The summed E-state index contributed by atoms with van der Waals surface area (Å²) in [6.45, 7) is 6.03. The molecule has 0 unspecified atom stereocenters. The van der Waals surface area contributed by atoms with Crippen molar-refractivity contribution < 1.29 is 14.3 Å². The number of benzene rings is 1. The van der Waals surface area contributed by atoms with Gasteiger partial charge in [-0.1, -0.05) is 6.92 Å². The van der Waals surface area contributed by atoms with Crippen molar-refractivity contribution in [2.24, 2.45) is 0 Å². The molecule has 25 heavy (non-hydrogen) atoms. The standard InChI is InChI=1S/C18H23N3O3S/c1-4-9-19-17(23)13(3)21-16(22)10-24-15-7-5-14(6-8-15)18-20-12(2)11-25-18/h5-8,11,13H,4,9-10H2,1-3H3,(H,19,23)(H,21,22)/t13-/m1/s1. The fourth-order valence-electron chi connectivity index (χ4n) is 2.08. The van der Waals surface area contributed by atoms with E-state index in [1.54, 1.807) is 30.4 Å². The first-order valence-electron chi connectivity index (χ1n) is 8.22. The van der Waals surface area contributed by atoms with Crippen LogP contribution in [-0.4, -0.2) is 36.0 Å². The second kappa shape index (κ2) is 9.17. The maximum atomic E-state index is 11.9. The van der Waals surface area contributed by atoms with E-state index in [2.05, 4.69) is 15.6 Å². The molecule has 6 nitrogen and oxygen atoms in total. The van der Waals surface area contributed by atoms with Gasteiger partial charge in [0.15, 0.2) is 6.61 Å². The summed E-state index contributed by atoms with van der Waals surface area (Å²) in [6.07, 6.45) is 0.853. The summed E-state index contributed by atoms with van der Waals surface area (Å²) in [5, 5.41) is 8.30. The van der Waals surface area contributed by atoms with Crippen LogP contribution < -0.4 is 15.4 Å². The number of aryl methyl sites for hydroxylation is 1. The molecule has 0 saturated heterocycles. The molecule has 2 N–H and O–H groups in total. The number of ether oxygens (including phenoxy) is 1. The predicted molar refractivity (Wildman–Crippen MR) is 98.7 cm³/mol. The van der Waals surface area contributed by atoms with E-state index in [4.69, 9.17) is 4.74 Å². The number of amides is 2. The molecule has 2 rings (SSSR count). The predicted octanol–water partition coefficient (Wildman–Crippen LogP) is 2.53. The minimum Gasteiger partial charge on any atom is -0.484 e. The zero-order valence-corrected chi connectivity index (χ0v) is 15.5. The van der Waals surface area contributed by atoms with E-state index < -0.39 is 6.04 Å². The Kier molecular flexibility index (Phi) is 6.94. The number of aromatic nitrogens is 1. The lowest BCUT2D eigenvalue weighted by atomic mass is 10.2. The molecule has 0 radical (unpaired) electrons. The first-order valence-corrected chi connectivity index (χ1v) is 9.10. The highest BCUT2D eigenvalue weighted by Crippen LogP contribution is 2.25. The van der Waals surface area contributed by atoms with Crippen molar-refractivity contribution in [2.75, 3.05) is 13.2 Å². The summed E-state index contributed by atoms with van der Waals surface area (Å²) in [6, 6.07) is 6.84. The van der Waals surface area contributed by atoms with Crippen molar-refractivity contribution in [3.8, 4) is 16.3 Å². The summed E-state index contributed by atoms with van der Waals surface area (Å²) in [5.74, 6) is 0.0623. The van der Waals surface area contributed by atoms with E-state index in [0.717, 1.165) is 22.7 Å². The van der Waals surface area contributed by atoms with Crippen LogP contribution in [0.3, 0.4) is 0 Å². The number of carbonyl (C=O) groups is 2. The molecule has 1 aromatic heterocycles. The van der Waals surface area contributed by atoms with Crippen molar-refractivity contribution in [3.05, 3.63) is 35.3 Å². The fraction of sp³-hybridized carbons (Fsp3) is 0.389. The minimum absolute atomic E-state index is 0.138. The van der Waals surface area contributed by atoms with Crippen molar-refractivity contribution in [1.82, 2.24) is 15.6 Å². The average molecular weight is 361 g/mol. The number of hydrogen-bond acceptors (Lipinski definition) is 5. The van der Waals surface area contributed by atoms with Crippen LogP contribution in [0.15, 0.2) is 29.6 Å². The molecule has 0 spiro atoms. The first-order chi connectivity index (χ1) is 12.0. The molecule has 0 aliphatic heterocycles. The third-order valence-corrected chi connectivity index (χ3v) is 4.42. The molecular formula is C18H23N3O3S. The van der Waals surface area contributed by atoms with Gasteiger partial charge in [0.2, 0.25) is 5.91 Å². The normalized spacial score (nSPS) is 11.6. The van der Waals surface area contributed by atoms with Crippen LogP contribution in [0.5, 0.6) is 5.75 Å². The lowest BCUT2D eigenvalue weighted by Crippen LogP contribution is -2.46. The van der Waals surface area contributed by atoms with Crippen LogP contribution in [0.1, 0.15) is 26.0 Å². The van der Waals surface area contributed by atoms with Gasteiger partial charge in [-0.25, -0.2) is 4.98 Å². The topological polar surface area (TPSA) is 80.3 Å². The highest BCUT2D eigenvalue weighted by Gasteiger charge is 2.15. The maximum Gasteiger partial charge on any atom is 0.258 e. The Balaban J connectivity index is 1.80. The van der Waals surface area contributed by atoms with Gasteiger partial charge in [0.25, 0.3) is 5.91 Å². The van der Waals surface area contributed by atoms with Gasteiger partial charge in [-0.2, -0.15) is 0 Å². The van der Waals surface area contributed by atoms with Gasteiger partial charge in [-0.05, 0) is 44.5 Å². The number of nitrogens with zero attached hydrogens (tertiary/aromatic N) is 1. The molecule has 0 saturated carbocycles. The molecule has 134 valence electrons. The molecule has 0 bridgehead atoms. The van der Waals surface area contributed by atoms with Crippen LogP contribution in [0.2, 0.25) is 0 Å². The summed E-state index contributed by atoms with van der Waals surface area (Å²) < 4.78 is 5.46. The van der Waals surface area contributed by atoms with Gasteiger partial charge in [0.1, 0.15) is 16.8 Å². The van der Waals surface area contributed by atoms with Gasteiger partial charge >= 0.3 is 0 Å². The fourth-order valence-corrected chi connectivity index (χ4v) is 2.88. The quantitative estimate of drug-likeness (QED) is 0.757. The molecule has 2 aromatic rings. The van der Waals surface area contributed by atoms with Crippen molar-refractivity contribution in [1.29, 1.82) is 0 Å². The SMILES string of the molecule is CCCNC(=O)[C@@H](C)NC(=O)COc1ccc(-c2nc(C)cs2)cc1. The second-order valence-corrected chi connectivity index (χ2v) is 6.55.